The number of nitrogens with one attached hydrogen (secondary N) is 1. The summed E-state index contributed by atoms with van der Waals surface area (Å²) >= 11 is 0. The van der Waals surface area contributed by atoms with Gasteiger partial charge in [0, 0.05) is 12.5 Å². The first kappa shape index (κ1) is 19.9. The Balaban J connectivity index is 2.14. The van der Waals surface area contributed by atoms with Crippen LogP contribution in [0.15, 0.2) is 60.3 Å². The Kier molecular flexibility index (Phi) is 6.88. The van der Waals surface area contributed by atoms with E-state index in [2.05, 4.69) is 5.32 Å². The molecule has 0 spiro atoms. The maximum Gasteiger partial charge on any atom is 0.355 e. The van der Waals surface area contributed by atoms with Crippen molar-refractivity contribution >= 4 is 23.7 Å². The summed E-state index contributed by atoms with van der Waals surface area (Å²) in [6, 6.07) is 15.5. The lowest BCUT2D eigenvalue weighted by Gasteiger charge is -2.14. The average molecular weight is 367 g/mol. The van der Waals surface area contributed by atoms with E-state index in [-0.39, 0.29) is 11.5 Å². The third-order valence-electron chi connectivity index (χ3n) is 3.67. The van der Waals surface area contributed by atoms with Gasteiger partial charge in [-0.25, -0.2) is 4.79 Å². The highest BCUT2D eigenvalue weighted by atomic mass is 16.5. The summed E-state index contributed by atoms with van der Waals surface area (Å²) in [4.78, 5) is 36.3. The number of esters is 1. The number of carbonyl (C=O) groups is 3. The molecule has 0 saturated heterocycles. The van der Waals surface area contributed by atoms with Crippen LogP contribution in [0.25, 0.3) is 6.08 Å². The van der Waals surface area contributed by atoms with E-state index >= 15 is 0 Å². The van der Waals surface area contributed by atoms with Crippen LogP contribution >= 0.6 is 0 Å². The Labute approximate surface area is 157 Å². The molecule has 0 aliphatic heterocycles. The number of hydrogen-bond donors (Lipinski definition) is 1. The van der Waals surface area contributed by atoms with Crippen LogP contribution in [0.3, 0.4) is 0 Å². The molecule has 2 aromatic carbocycles. The van der Waals surface area contributed by atoms with E-state index < -0.39 is 18.0 Å². The molecule has 1 unspecified atom stereocenters. The van der Waals surface area contributed by atoms with Crippen LogP contribution in [0, 0.1) is 0 Å². The van der Waals surface area contributed by atoms with Crippen LogP contribution in [0.2, 0.25) is 0 Å². The molecule has 1 N–H and O–H groups in total. The molecule has 0 aliphatic carbocycles. The normalized spacial score (nSPS) is 12.0. The second-order valence-corrected chi connectivity index (χ2v) is 5.79. The van der Waals surface area contributed by atoms with Gasteiger partial charge >= 0.3 is 5.97 Å². The van der Waals surface area contributed by atoms with E-state index in [1.54, 1.807) is 48.5 Å². The minimum atomic E-state index is -1.01. The first-order valence-corrected chi connectivity index (χ1v) is 8.34. The number of amides is 1. The number of Topliss-reactive ketones (excluding diaryl/α,β-unsaturated/α-hetero) is 1. The predicted octanol–water partition coefficient (Wildman–Crippen LogP) is 2.99. The maximum absolute atomic E-state index is 12.5. The highest BCUT2D eigenvalue weighted by molar-refractivity contribution is 6.03. The molecule has 140 valence electrons. The lowest BCUT2D eigenvalue weighted by Crippen LogP contribution is -2.31. The number of rotatable bonds is 7. The Morgan fingerprint density at radius 2 is 1.63 bits per heavy atom. The van der Waals surface area contributed by atoms with Crippen LogP contribution in [0.4, 0.5) is 0 Å². The van der Waals surface area contributed by atoms with Gasteiger partial charge in [-0.05, 0) is 42.8 Å². The molecule has 27 heavy (non-hydrogen) atoms. The van der Waals surface area contributed by atoms with Crippen LogP contribution in [-0.4, -0.2) is 30.9 Å². The van der Waals surface area contributed by atoms with Crippen molar-refractivity contribution in [2.45, 2.75) is 20.0 Å². The minimum Gasteiger partial charge on any atom is -0.497 e. The highest BCUT2D eigenvalue weighted by Gasteiger charge is 2.22. The molecule has 0 aliphatic rings. The number of ketones is 1. The topological polar surface area (TPSA) is 81.7 Å². The van der Waals surface area contributed by atoms with Crippen molar-refractivity contribution in [2.24, 2.45) is 0 Å². The SMILES string of the molecule is COc1ccc(C(=O)C(C)OC(=O)C(=Cc2ccccc2)NC(C)=O)cc1. The summed E-state index contributed by atoms with van der Waals surface area (Å²) in [7, 11) is 1.53. The Morgan fingerprint density at radius 1 is 1.00 bits per heavy atom. The molecule has 0 radical (unpaired) electrons. The van der Waals surface area contributed by atoms with Crippen LogP contribution < -0.4 is 10.1 Å². The van der Waals surface area contributed by atoms with E-state index in [9.17, 15) is 14.4 Å². The zero-order valence-corrected chi connectivity index (χ0v) is 15.4. The van der Waals surface area contributed by atoms with Gasteiger partial charge in [0.1, 0.15) is 11.4 Å². The van der Waals surface area contributed by atoms with Crippen LogP contribution in [0.5, 0.6) is 5.75 Å². The van der Waals surface area contributed by atoms with Gasteiger partial charge in [0.05, 0.1) is 7.11 Å². The number of carbonyl (C=O) groups excluding carboxylic acids is 3. The smallest absolute Gasteiger partial charge is 0.355 e. The van der Waals surface area contributed by atoms with Gasteiger partial charge in [-0.2, -0.15) is 0 Å². The van der Waals surface area contributed by atoms with Crippen molar-refractivity contribution in [2.75, 3.05) is 7.11 Å². The molecule has 0 saturated carbocycles. The van der Waals surface area contributed by atoms with Crippen molar-refractivity contribution in [3.05, 3.63) is 71.4 Å². The number of methoxy groups -OCH3 is 1. The van der Waals surface area contributed by atoms with Crippen LogP contribution in [-0.2, 0) is 14.3 Å². The van der Waals surface area contributed by atoms with Crippen LogP contribution in [0.1, 0.15) is 29.8 Å². The Bertz CT molecular complexity index is 841. The van der Waals surface area contributed by atoms with Gasteiger partial charge < -0.3 is 14.8 Å². The van der Waals surface area contributed by atoms with E-state index in [1.807, 2.05) is 6.07 Å². The van der Waals surface area contributed by atoms with Crippen molar-refractivity contribution in [3.63, 3.8) is 0 Å². The average Bonchev–Trinajstić information content (AvgIpc) is 2.67. The van der Waals surface area contributed by atoms with Crippen molar-refractivity contribution in [1.29, 1.82) is 0 Å². The number of ether oxygens (including phenoxy) is 2. The summed E-state index contributed by atoms with van der Waals surface area (Å²) in [5.41, 5.74) is 1.07. The molecule has 0 heterocycles. The summed E-state index contributed by atoms with van der Waals surface area (Å²) in [5.74, 6) is -0.936. The number of benzene rings is 2. The maximum atomic E-state index is 12.5. The van der Waals surface area contributed by atoms with Crippen molar-refractivity contribution in [1.82, 2.24) is 5.32 Å². The molecule has 0 fully saturated rings. The third kappa shape index (κ3) is 5.81. The molecular weight excluding hydrogens is 346 g/mol. The second kappa shape index (κ2) is 9.33. The molecule has 6 heteroatoms. The highest BCUT2D eigenvalue weighted by Crippen LogP contribution is 2.15. The molecule has 2 aromatic rings. The fourth-order valence-corrected chi connectivity index (χ4v) is 2.32. The third-order valence-corrected chi connectivity index (χ3v) is 3.67. The molecule has 1 atom stereocenters. The van der Waals surface area contributed by atoms with Crippen molar-refractivity contribution in [3.8, 4) is 5.75 Å². The Hall–Kier alpha value is -3.41. The largest absolute Gasteiger partial charge is 0.497 e. The van der Waals surface area contributed by atoms with Crippen molar-refractivity contribution < 1.29 is 23.9 Å². The fraction of sp³-hybridized carbons (Fsp3) is 0.190. The Morgan fingerprint density at radius 3 is 2.19 bits per heavy atom. The molecule has 0 bridgehead atoms. The van der Waals surface area contributed by atoms with Gasteiger partial charge in [-0.15, -0.1) is 0 Å². The predicted molar refractivity (Wildman–Crippen MR) is 101 cm³/mol. The van der Waals surface area contributed by atoms with Gasteiger partial charge in [0.25, 0.3) is 0 Å². The quantitative estimate of drug-likeness (QED) is 0.462. The fourth-order valence-electron chi connectivity index (χ4n) is 2.32. The zero-order chi connectivity index (χ0) is 19.8. The van der Waals surface area contributed by atoms with Gasteiger partial charge in [0.2, 0.25) is 11.7 Å². The lowest BCUT2D eigenvalue weighted by molar-refractivity contribution is -0.142. The lowest BCUT2D eigenvalue weighted by atomic mass is 10.1. The minimum absolute atomic E-state index is 0.0388. The van der Waals surface area contributed by atoms with E-state index in [1.165, 1.54) is 27.0 Å². The van der Waals surface area contributed by atoms with Gasteiger partial charge in [-0.1, -0.05) is 30.3 Å². The van der Waals surface area contributed by atoms with Gasteiger partial charge in [-0.3, -0.25) is 9.59 Å². The molecule has 1 amide bonds. The molecule has 2 rings (SSSR count). The zero-order valence-electron chi connectivity index (χ0n) is 15.4. The summed E-state index contributed by atoms with van der Waals surface area (Å²) in [5, 5.41) is 2.45. The summed E-state index contributed by atoms with van der Waals surface area (Å²) in [6.45, 7) is 2.77. The molecule has 6 nitrogen and oxygen atoms in total. The number of hydrogen-bond acceptors (Lipinski definition) is 5. The first-order chi connectivity index (χ1) is 12.9. The summed E-state index contributed by atoms with van der Waals surface area (Å²) < 4.78 is 10.3. The first-order valence-electron chi connectivity index (χ1n) is 8.34. The molecular formula is C21H21NO5. The monoisotopic (exact) mass is 367 g/mol. The van der Waals surface area contributed by atoms with E-state index in [0.29, 0.717) is 16.9 Å². The standard InChI is InChI=1S/C21H21NO5/c1-14(20(24)17-9-11-18(26-3)12-10-17)27-21(25)19(22-15(2)23)13-16-7-5-4-6-8-16/h4-14H,1-3H3,(H,22,23). The summed E-state index contributed by atoms with van der Waals surface area (Å²) in [6.07, 6.45) is 0.479. The van der Waals surface area contributed by atoms with E-state index in [0.717, 1.165) is 0 Å². The van der Waals surface area contributed by atoms with Gasteiger partial charge in [0.15, 0.2) is 6.10 Å². The second-order valence-electron chi connectivity index (χ2n) is 5.79. The molecule has 0 aromatic heterocycles. The van der Waals surface area contributed by atoms with E-state index in [4.69, 9.17) is 9.47 Å².